The van der Waals surface area contributed by atoms with Crippen LogP contribution in [0.15, 0.2) is 0 Å². The average molecular weight is 660 g/mol. The number of carbonyl (C=O) groups excluding carboxylic acids is 2. The Hall–Kier alpha value is -4.52. The molecular formula is C22H45N9O14. The Kier molecular flexibility index (Phi) is 31.1. The van der Waals surface area contributed by atoms with Crippen molar-refractivity contribution < 1.29 is 68.9 Å². The number of aliphatic hydroxyl groups excluding tert-OH is 1. The molecule has 1 heterocycles. The molecule has 0 aliphatic carbocycles. The largest absolute Gasteiger partial charge is 0.481 e. The lowest BCUT2D eigenvalue weighted by molar-refractivity contribution is -0.160. The van der Waals surface area contributed by atoms with E-state index in [9.17, 15) is 33.6 Å². The fraction of sp³-hybridized carbons (Fsp3) is 0.636. The van der Waals surface area contributed by atoms with Crippen molar-refractivity contribution in [1.82, 2.24) is 10.6 Å². The van der Waals surface area contributed by atoms with Crippen molar-refractivity contribution >= 4 is 47.7 Å². The highest BCUT2D eigenvalue weighted by Gasteiger charge is 2.25. The first-order chi connectivity index (χ1) is 20.8. The number of nitrogens with one attached hydrogen (secondary N) is 3. The quantitative estimate of drug-likeness (QED) is 0.0287. The van der Waals surface area contributed by atoms with Gasteiger partial charge in [0, 0.05) is 6.54 Å². The summed E-state index contributed by atoms with van der Waals surface area (Å²) in [5, 5.41) is 60.2. The predicted molar refractivity (Wildman–Crippen MR) is 153 cm³/mol. The van der Waals surface area contributed by atoms with Gasteiger partial charge in [-0.05, 0) is 32.2 Å². The Morgan fingerprint density at radius 3 is 1.60 bits per heavy atom. The number of esters is 2. The van der Waals surface area contributed by atoms with E-state index in [-0.39, 0.29) is 25.1 Å². The summed E-state index contributed by atoms with van der Waals surface area (Å²) in [4.78, 5) is 70.4. The highest BCUT2D eigenvalue weighted by molar-refractivity contribution is 5.89. The molecule has 0 unspecified atom stereocenters. The molecule has 1 fully saturated rings. The SMILES string of the molecule is N=C(N)NCCC[C@H](N)C(=O)O.NCC(=O)O.NCC(=O)OC(=O)[C@@H]1CCCN1.N[C@@H](CC(=O)O)C(=O)O.N[C@@H](CO)C(=O)O. The van der Waals surface area contributed by atoms with Crippen LogP contribution in [0.3, 0.4) is 0 Å². The maximum atomic E-state index is 11.1. The summed E-state index contributed by atoms with van der Waals surface area (Å²) in [5.74, 6) is -6.94. The molecule has 0 spiro atoms. The molecule has 0 saturated carbocycles. The van der Waals surface area contributed by atoms with Gasteiger partial charge in [0.2, 0.25) is 0 Å². The number of carbonyl (C=O) groups is 7. The number of carboxylic acid groups (broad SMARTS) is 5. The number of aliphatic hydroxyl groups is 1. The topological polar surface area (TPSA) is 454 Å². The smallest absolute Gasteiger partial charge is 0.330 e. The fourth-order valence-corrected chi connectivity index (χ4v) is 2.13. The van der Waals surface area contributed by atoms with Crippen LogP contribution in [-0.4, -0.2) is 135 Å². The molecule has 262 valence electrons. The van der Waals surface area contributed by atoms with E-state index in [4.69, 9.17) is 64.7 Å². The van der Waals surface area contributed by atoms with Crippen molar-refractivity contribution in [3.8, 4) is 0 Å². The van der Waals surface area contributed by atoms with Gasteiger partial charge in [-0.15, -0.1) is 0 Å². The number of hydrogen-bond donors (Lipinski definition) is 15. The van der Waals surface area contributed by atoms with Crippen LogP contribution >= 0.6 is 0 Å². The maximum absolute atomic E-state index is 11.1. The molecule has 23 heteroatoms. The fourth-order valence-electron chi connectivity index (χ4n) is 2.13. The van der Waals surface area contributed by atoms with Crippen LogP contribution < -0.4 is 45.0 Å². The summed E-state index contributed by atoms with van der Waals surface area (Å²) in [6.07, 6.45) is 2.12. The zero-order valence-electron chi connectivity index (χ0n) is 24.3. The van der Waals surface area contributed by atoms with Crippen molar-refractivity contribution in [3.63, 3.8) is 0 Å². The minimum Gasteiger partial charge on any atom is -0.481 e. The summed E-state index contributed by atoms with van der Waals surface area (Å²) in [7, 11) is 0. The summed E-state index contributed by atoms with van der Waals surface area (Å²) < 4.78 is 4.42. The van der Waals surface area contributed by atoms with Crippen molar-refractivity contribution in [1.29, 1.82) is 5.41 Å². The first-order valence-electron chi connectivity index (χ1n) is 12.7. The highest BCUT2D eigenvalue weighted by Crippen LogP contribution is 2.06. The van der Waals surface area contributed by atoms with E-state index >= 15 is 0 Å². The molecule has 45 heavy (non-hydrogen) atoms. The molecule has 0 aromatic carbocycles. The van der Waals surface area contributed by atoms with E-state index in [1.807, 2.05) is 0 Å². The first-order valence-corrected chi connectivity index (χ1v) is 12.7. The van der Waals surface area contributed by atoms with Crippen LogP contribution in [-0.2, 0) is 38.3 Å². The van der Waals surface area contributed by atoms with Gasteiger partial charge in [0.25, 0.3) is 0 Å². The number of ether oxygens (including phenoxy) is 1. The van der Waals surface area contributed by atoms with Gasteiger partial charge >= 0.3 is 41.8 Å². The molecule has 1 rings (SSSR count). The third kappa shape index (κ3) is 35.6. The summed E-state index contributed by atoms with van der Waals surface area (Å²) in [6.45, 7) is 0.251. The van der Waals surface area contributed by atoms with Crippen molar-refractivity contribution in [2.75, 3.05) is 32.8 Å². The van der Waals surface area contributed by atoms with E-state index in [1.54, 1.807) is 0 Å². The molecule has 0 aromatic heterocycles. The number of nitrogens with two attached hydrogens (primary N) is 6. The Morgan fingerprint density at radius 1 is 0.844 bits per heavy atom. The molecule has 0 bridgehead atoms. The summed E-state index contributed by atoms with van der Waals surface area (Å²) >= 11 is 0. The summed E-state index contributed by atoms with van der Waals surface area (Å²) in [5.41, 5.74) is 29.4. The lowest BCUT2D eigenvalue weighted by Crippen LogP contribution is -2.35. The number of hydrogen-bond acceptors (Lipinski definition) is 16. The Labute approximate surface area is 256 Å². The number of guanidine groups is 1. The average Bonchev–Trinajstić information content (AvgIpc) is 3.51. The van der Waals surface area contributed by atoms with Crippen molar-refractivity contribution in [2.45, 2.75) is 56.3 Å². The number of aliphatic carboxylic acids is 5. The van der Waals surface area contributed by atoms with Gasteiger partial charge < -0.3 is 80.4 Å². The molecule has 0 aromatic rings. The second-order valence-corrected chi connectivity index (χ2v) is 8.34. The zero-order chi connectivity index (χ0) is 36.1. The minimum atomic E-state index is -1.29. The Morgan fingerprint density at radius 2 is 1.33 bits per heavy atom. The van der Waals surface area contributed by atoms with E-state index in [1.165, 1.54) is 0 Å². The second kappa shape index (κ2) is 29.5. The molecule has 1 aliphatic rings. The molecule has 0 radical (unpaired) electrons. The lowest BCUT2D eigenvalue weighted by atomic mass is 10.2. The van der Waals surface area contributed by atoms with Crippen LogP contribution in [0, 0.1) is 5.41 Å². The number of rotatable bonds is 13. The molecule has 1 aliphatic heterocycles. The number of carboxylic acids is 5. The predicted octanol–water partition coefficient (Wildman–Crippen LogP) is -6.28. The van der Waals surface area contributed by atoms with Crippen LogP contribution in [0.1, 0.15) is 32.1 Å². The maximum Gasteiger partial charge on any atom is 0.330 e. The third-order valence-electron chi connectivity index (χ3n) is 4.45. The monoisotopic (exact) mass is 659 g/mol. The highest BCUT2D eigenvalue weighted by atomic mass is 16.6. The molecule has 0 amide bonds. The van der Waals surface area contributed by atoms with Crippen molar-refractivity contribution in [3.05, 3.63) is 0 Å². The van der Waals surface area contributed by atoms with Crippen molar-refractivity contribution in [2.24, 2.45) is 34.4 Å². The van der Waals surface area contributed by atoms with Gasteiger partial charge in [-0.25, -0.2) is 4.79 Å². The van der Waals surface area contributed by atoms with Gasteiger partial charge in [0.05, 0.1) is 26.1 Å². The normalized spacial score (nSPS) is 14.6. The van der Waals surface area contributed by atoms with Gasteiger partial charge in [-0.1, -0.05) is 0 Å². The molecule has 23 nitrogen and oxygen atoms in total. The molecular weight excluding hydrogens is 614 g/mol. The van der Waals surface area contributed by atoms with Gasteiger partial charge in [-0.2, -0.15) is 0 Å². The van der Waals surface area contributed by atoms with E-state index < -0.39 is 72.9 Å². The Bertz CT molecular complexity index is 933. The zero-order valence-corrected chi connectivity index (χ0v) is 24.3. The summed E-state index contributed by atoms with van der Waals surface area (Å²) in [6, 6.07) is -3.55. The van der Waals surface area contributed by atoms with Gasteiger partial charge in [0.1, 0.15) is 24.2 Å². The molecule has 1 saturated heterocycles. The van der Waals surface area contributed by atoms with E-state index in [0.717, 1.165) is 19.4 Å². The van der Waals surface area contributed by atoms with Crippen LogP contribution in [0.25, 0.3) is 0 Å². The standard InChI is InChI=1S/C7H12N2O3.C6H14N4O2.C4H7NO4.C3H7NO3.C2H5NO2/c8-4-6(10)12-7(11)5-2-1-3-9-5;7-4(5(11)12)2-1-3-10-6(8)9;5-2(4(8)9)1-3(6)7;4-2(1-5)3(6)7;3-1-2(4)5/h5,9H,1-4,8H2;4H,1-3,7H2,(H,11,12)(H4,8,9,10);2H,1,5H2,(H,6,7)(H,8,9);2,5H,1,4H2,(H,6,7);1,3H2,(H,4,5)/t5-;4-;2*2-;/m0000./s1. The second-order valence-electron chi connectivity index (χ2n) is 8.34. The lowest BCUT2D eigenvalue weighted by Gasteiger charge is -2.07. The van der Waals surface area contributed by atoms with Crippen LogP contribution in [0.4, 0.5) is 0 Å². The van der Waals surface area contributed by atoms with E-state index in [0.29, 0.717) is 19.4 Å². The van der Waals surface area contributed by atoms with Crippen LogP contribution in [0.2, 0.25) is 0 Å². The van der Waals surface area contributed by atoms with Gasteiger partial charge in [0.15, 0.2) is 5.96 Å². The van der Waals surface area contributed by atoms with E-state index in [2.05, 4.69) is 21.1 Å². The molecule has 21 N–H and O–H groups in total. The minimum absolute atomic E-state index is 0.112. The van der Waals surface area contributed by atoms with Crippen LogP contribution in [0.5, 0.6) is 0 Å². The molecule has 4 atom stereocenters. The first kappa shape index (κ1) is 47.4. The Balaban J connectivity index is -0.000000241. The third-order valence-corrected chi connectivity index (χ3v) is 4.45. The van der Waals surface area contributed by atoms with Gasteiger partial charge in [-0.3, -0.25) is 34.2 Å².